The number of benzene rings is 2. The van der Waals surface area contributed by atoms with Crippen molar-refractivity contribution in [1.29, 1.82) is 0 Å². The van der Waals surface area contributed by atoms with Crippen molar-refractivity contribution < 1.29 is 24.2 Å². The third kappa shape index (κ3) is 3.35. The molecule has 3 heterocycles. The SMILES string of the molecule is COc1c2c(cc3c1[C@H](c1c(O)n(-c4ccc(C(C)C)cc4)c(=O)[nH]c1=O)[NH+](C)CC3)OCO2. The molecule has 178 valence electrons. The van der Waals surface area contributed by atoms with Gasteiger partial charge in [-0.1, -0.05) is 26.0 Å². The summed E-state index contributed by atoms with van der Waals surface area (Å²) in [6.07, 6.45) is 0.736. The first-order chi connectivity index (χ1) is 16.3. The molecule has 2 atom stereocenters. The molecule has 0 radical (unpaired) electrons. The minimum absolute atomic E-state index is 0.0883. The summed E-state index contributed by atoms with van der Waals surface area (Å²) in [7, 11) is 3.49. The highest BCUT2D eigenvalue weighted by Crippen LogP contribution is 2.48. The van der Waals surface area contributed by atoms with Gasteiger partial charge in [0, 0.05) is 6.42 Å². The van der Waals surface area contributed by atoms with Crippen LogP contribution in [0.3, 0.4) is 0 Å². The number of aromatic hydroxyl groups is 1. The van der Waals surface area contributed by atoms with E-state index in [1.807, 2.05) is 25.2 Å². The zero-order valence-electron chi connectivity index (χ0n) is 19.6. The predicted octanol–water partition coefficient (Wildman–Crippen LogP) is 1.25. The van der Waals surface area contributed by atoms with Gasteiger partial charge in [0.25, 0.3) is 5.56 Å². The van der Waals surface area contributed by atoms with E-state index in [-0.39, 0.29) is 18.2 Å². The molecule has 0 saturated carbocycles. The van der Waals surface area contributed by atoms with Crippen LogP contribution < -0.4 is 30.4 Å². The Morgan fingerprint density at radius 3 is 2.59 bits per heavy atom. The third-order valence-electron chi connectivity index (χ3n) is 6.75. The van der Waals surface area contributed by atoms with Crippen molar-refractivity contribution >= 4 is 0 Å². The number of aromatic amines is 1. The quantitative estimate of drug-likeness (QED) is 0.534. The highest BCUT2D eigenvalue weighted by molar-refractivity contribution is 5.63. The summed E-state index contributed by atoms with van der Waals surface area (Å²) in [6, 6.07) is 8.68. The maximum Gasteiger partial charge on any atom is 0.335 e. The summed E-state index contributed by atoms with van der Waals surface area (Å²) in [6.45, 7) is 4.95. The van der Waals surface area contributed by atoms with Gasteiger partial charge in [0.05, 0.1) is 32.0 Å². The monoisotopic (exact) mass is 466 g/mol. The van der Waals surface area contributed by atoms with E-state index in [1.54, 1.807) is 19.2 Å². The van der Waals surface area contributed by atoms with E-state index in [9.17, 15) is 14.7 Å². The predicted molar refractivity (Wildman–Crippen MR) is 125 cm³/mol. The van der Waals surface area contributed by atoms with E-state index in [0.717, 1.165) is 32.6 Å². The van der Waals surface area contributed by atoms with Crippen LogP contribution in [0.25, 0.3) is 5.69 Å². The molecule has 9 nitrogen and oxygen atoms in total. The van der Waals surface area contributed by atoms with Crippen molar-refractivity contribution in [3.05, 3.63) is 73.4 Å². The number of nitrogens with one attached hydrogen (secondary N) is 2. The lowest BCUT2D eigenvalue weighted by molar-refractivity contribution is -0.908. The summed E-state index contributed by atoms with van der Waals surface area (Å²) in [5, 5.41) is 11.4. The minimum Gasteiger partial charge on any atom is -0.494 e. The Bertz CT molecular complexity index is 1370. The Balaban J connectivity index is 1.74. The van der Waals surface area contributed by atoms with Gasteiger partial charge >= 0.3 is 5.69 Å². The summed E-state index contributed by atoms with van der Waals surface area (Å²) in [4.78, 5) is 29.3. The van der Waals surface area contributed by atoms with Crippen LogP contribution in [0.2, 0.25) is 0 Å². The van der Waals surface area contributed by atoms with E-state index in [2.05, 4.69) is 18.8 Å². The van der Waals surface area contributed by atoms with Gasteiger partial charge in [-0.05, 0) is 35.2 Å². The van der Waals surface area contributed by atoms with Crippen LogP contribution in [0.4, 0.5) is 0 Å². The molecular weight excluding hydrogens is 438 g/mol. The van der Waals surface area contributed by atoms with Crippen LogP contribution in [0.15, 0.2) is 39.9 Å². The van der Waals surface area contributed by atoms with E-state index in [0.29, 0.717) is 35.4 Å². The molecule has 0 aliphatic carbocycles. The zero-order chi connectivity index (χ0) is 24.1. The van der Waals surface area contributed by atoms with Crippen molar-refractivity contribution in [2.45, 2.75) is 32.2 Å². The van der Waals surface area contributed by atoms with Gasteiger partial charge in [-0.3, -0.25) is 9.78 Å². The number of ether oxygens (including phenoxy) is 3. The summed E-state index contributed by atoms with van der Waals surface area (Å²) in [5.74, 6) is 1.49. The molecule has 2 aliphatic rings. The fraction of sp³-hybridized carbons (Fsp3) is 0.360. The number of quaternary nitrogens is 1. The molecule has 5 rings (SSSR count). The molecule has 1 unspecified atom stereocenters. The molecular formula is C25H28N3O6+. The van der Waals surface area contributed by atoms with Gasteiger partial charge in [0.2, 0.25) is 18.4 Å². The maximum absolute atomic E-state index is 13.1. The molecule has 0 fully saturated rings. The molecule has 2 aliphatic heterocycles. The van der Waals surface area contributed by atoms with Gasteiger partial charge in [-0.25, -0.2) is 9.36 Å². The lowest BCUT2D eigenvalue weighted by atomic mass is 9.87. The Morgan fingerprint density at radius 2 is 1.91 bits per heavy atom. The van der Waals surface area contributed by atoms with E-state index in [4.69, 9.17) is 14.2 Å². The van der Waals surface area contributed by atoms with Crippen LogP contribution in [-0.2, 0) is 6.42 Å². The number of likely N-dealkylation sites (N-methyl/N-ethyl adjacent to an activating group) is 1. The number of aromatic nitrogens is 2. The van der Waals surface area contributed by atoms with Crippen molar-refractivity contribution in [1.82, 2.24) is 9.55 Å². The average molecular weight is 467 g/mol. The average Bonchev–Trinajstić information content (AvgIpc) is 3.27. The summed E-state index contributed by atoms with van der Waals surface area (Å²) < 4.78 is 18.1. The van der Waals surface area contributed by atoms with Gasteiger partial charge in [-0.15, -0.1) is 0 Å². The van der Waals surface area contributed by atoms with Crippen LogP contribution >= 0.6 is 0 Å². The second-order valence-electron chi connectivity index (χ2n) is 9.07. The number of hydrogen-bond acceptors (Lipinski definition) is 6. The van der Waals surface area contributed by atoms with Crippen molar-refractivity contribution in [3.8, 4) is 28.8 Å². The number of rotatable bonds is 4. The Morgan fingerprint density at radius 1 is 1.18 bits per heavy atom. The molecule has 34 heavy (non-hydrogen) atoms. The highest BCUT2D eigenvalue weighted by Gasteiger charge is 2.41. The van der Waals surface area contributed by atoms with Crippen LogP contribution in [-0.4, -0.2) is 42.2 Å². The highest BCUT2D eigenvalue weighted by atomic mass is 16.7. The van der Waals surface area contributed by atoms with Gasteiger partial charge in [0.15, 0.2) is 17.5 Å². The second-order valence-corrected chi connectivity index (χ2v) is 9.07. The summed E-state index contributed by atoms with van der Waals surface area (Å²) in [5.41, 5.74) is 2.04. The second kappa shape index (κ2) is 8.25. The first-order valence-electron chi connectivity index (χ1n) is 11.3. The maximum atomic E-state index is 13.1. The van der Waals surface area contributed by atoms with Gasteiger partial charge < -0.3 is 24.2 Å². The van der Waals surface area contributed by atoms with Crippen LogP contribution in [0.1, 0.15) is 48.1 Å². The third-order valence-corrected chi connectivity index (χ3v) is 6.75. The van der Waals surface area contributed by atoms with Gasteiger partial charge in [-0.2, -0.15) is 0 Å². The molecule has 0 spiro atoms. The fourth-order valence-corrected chi connectivity index (χ4v) is 4.96. The smallest absolute Gasteiger partial charge is 0.335 e. The van der Waals surface area contributed by atoms with Crippen molar-refractivity contribution in [2.75, 3.05) is 27.5 Å². The number of fused-ring (bicyclic) bond motifs is 2. The Labute approximate surface area is 196 Å². The van der Waals surface area contributed by atoms with Crippen LogP contribution in [0, 0.1) is 0 Å². The largest absolute Gasteiger partial charge is 0.494 e. The Kier molecular flexibility index (Phi) is 5.36. The van der Waals surface area contributed by atoms with Gasteiger partial charge in [0.1, 0.15) is 5.56 Å². The molecule has 2 aromatic carbocycles. The van der Waals surface area contributed by atoms with E-state index >= 15 is 0 Å². The normalized spacial score (nSPS) is 18.7. The fourth-order valence-electron chi connectivity index (χ4n) is 4.96. The first-order valence-corrected chi connectivity index (χ1v) is 11.3. The summed E-state index contributed by atoms with van der Waals surface area (Å²) >= 11 is 0. The lowest BCUT2D eigenvalue weighted by Crippen LogP contribution is -3.10. The standard InChI is InChI=1S/C25H27N3O6/c1-13(2)14-5-7-16(8-6-14)28-24(30)19(23(29)26-25(28)31)20-18-15(9-10-27(20)3)11-17-21(22(18)32-4)34-12-33-17/h5-8,11,13,20,30H,9-10,12H2,1-4H3,(H,26,29,31)/p+1/t20-/m1/s1. The number of H-pyrrole nitrogens is 1. The lowest BCUT2D eigenvalue weighted by Gasteiger charge is -2.33. The Hall–Kier alpha value is -3.72. The topological polar surface area (TPSA) is 107 Å². The molecule has 1 aromatic heterocycles. The van der Waals surface area contributed by atoms with Crippen molar-refractivity contribution in [3.63, 3.8) is 0 Å². The number of methoxy groups -OCH3 is 1. The van der Waals surface area contributed by atoms with Crippen LogP contribution in [0.5, 0.6) is 23.1 Å². The minimum atomic E-state index is -0.699. The number of nitrogens with zero attached hydrogens (tertiary/aromatic N) is 1. The molecule has 0 saturated heterocycles. The van der Waals surface area contributed by atoms with Crippen molar-refractivity contribution in [2.24, 2.45) is 0 Å². The molecule has 0 amide bonds. The van der Waals surface area contributed by atoms with E-state index < -0.39 is 17.3 Å². The molecule has 3 aromatic rings. The zero-order valence-corrected chi connectivity index (χ0v) is 19.6. The molecule has 9 heteroatoms. The first kappa shape index (κ1) is 22.1. The van der Waals surface area contributed by atoms with E-state index in [1.165, 1.54) is 0 Å². The molecule has 0 bridgehead atoms. The molecule has 3 N–H and O–H groups in total. The number of hydrogen-bond donors (Lipinski definition) is 3.